The van der Waals surface area contributed by atoms with Crippen molar-refractivity contribution in [2.24, 2.45) is 0 Å². The van der Waals surface area contributed by atoms with Gasteiger partial charge in [-0.05, 0) is 14.1 Å². The Morgan fingerprint density at radius 1 is 0.731 bits per heavy atom. The fourth-order valence-corrected chi connectivity index (χ4v) is 3.03. The normalized spacial score (nSPS) is 27.9. The van der Waals surface area contributed by atoms with E-state index in [0.29, 0.717) is 24.2 Å². The van der Waals surface area contributed by atoms with Crippen molar-refractivity contribution < 1.29 is 42.6 Å². The Morgan fingerprint density at radius 2 is 1.04 bits per heavy atom. The number of piperidine rings is 2. The van der Waals surface area contributed by atoms with E-state index in [1.807, 2.05) is 0 Å². The van der Waals surface area contributed by atoms with Crippen molar-refractivity contribution in [3.63, 3.8) is 0 Å². The van der Waals surface area contributed by atoms with E-state index >= 15 is 0 Å². The Hall–Kier alpha value is 1.03. The molecular weight excluding hydrogens is 310 g/mol. The molecule has 0 bridgehead atoms. The van der Waals surface area contributed by atoms with Crippen LogP contribution in [0.4, 0.5) is 0 Å². The number of nitrogens with zero attached hydrogens (tertiary/aromatic N) is 3. The summed E-state index contributed by atoms with van der Waals surface area (Å²) in [5, 5.41) is 8.97. The first-order chi connectivity index (χ1) is 11.2. The van der Waals surface area contributed by atoms with Gasteiger partial charge in [-0.25, -0.2) is 0 Å². The van der Waals surface area contributed by atoms with Crippen molar-refractivity contribution in [2.75, 3.05) is 41.3 Å². The molecule has 0 spiro atoms. The minimum absolute atomic E-state index is 0. The zero-order valence-electron chi connectivity index (χ0n) is 19.8. The second-order valence-corrected chi connectivity index (χ2v) is 8.32. The van der Waals surface area contributed by atoms with Crippen LogP contribution in [0.2, 0.25) is 0 Å². The molecule has 2 rings (SSSR count). The maximum absolute atomic E-state index is 4.48. The summed E-state index contributed by atoms with van der Waals surface area (Å²) < 4.78 is 0. The molecule has 0 amide bonds. The fourth-order valence-electron chi connectivity index (χ4n) is 3.03. The summed E-state index contributed by atoms with van der Waals surface area (Å²) in [5.41, 5.74) is 0. The van der Waals surface area contributed by atoms with Gasteiger partial charge in [-0.3, -0.25) is 0 Å². The van der Waals surface area contributed by atoms with Gasteiger partial charge in [0.1, 0.15) is 0 Å². The second-order valence-electron chi connectivity index (χ2n) is 8.32. The fraction of sp³-hybridized carbons (Fsp3) is 1.00. The van der Waals surface area contributed by atoms with E-state index in [9.17, 15) is 0 Å². The van der Waals surface area contributed by atoms with E-state index in [1.165, 1.54) is 56.5 Å². The summed E-state index contributed by atoms with van der Waals surface area (Å²) >= 11 is 0. The molecule has 4 nitrogen and oxygen atoms in total. The third-order valence-corrected chi connectivity index (χ3v) is 4.56. The number of quaternary nitrogens is 1. The SMILES string of the molecule is CN(C)CC[NH+](C)C.C[C@@H]1CCC[C@H](C)[N-]1.C[C@@H]1CCC[C@H](C)[N-]1.[Li+].[Li+]. The molecule has 2 aliphatic heterocycles. The monoisotopic (exact) mass is 355 g/mol. The first kappa shape index (κ1) is 31.7. The Labute approximate surface area is 189 Å². The van der Waals surface area contributed by atoms with Crippen LogP contribution < -0.4 is 42.6 Å². The van der Waals surface area contributed by atoms with E-state index in [2.05, 4.69) is 71.4 Å². The molecular formula is C20H45Li2N4+. The third kappa shape index (κ3) is 21.3. The Kier molecular flexibility index (Phi) is 23.6. The van der Waals surface area contributed by atoms with E-state index < -0.39 is 0 Å². The minimum Gasteiger partial charge on any atom is -0.657 e. The molecule has 2 heterocycles. The molecule has 26 heavy (non-hydrogen) atoms. The van der Waals surface area contributed by atoms with Gasteiger partial charge < -0.3 is 20.4 Å². The number of rotatable bonds is 3. The van der Waals surface area contributed by atoms with Crippen LogP contribution in [0, 0.1) is 0 Å². The molecule has 0 saturated carbocycles. The zero-order chi connectivity index (χ0) is 18.5. The summed E-state index contributed by atoms with van der Waals surface area (Å²) in [7, 11) is 8.54. The first-order valence-corrected chi connectivity index (χ1v) is 10.0. The van der Waals surface area contributed by atoms with Crippen molar-refractivity contribution in [3.05, 3.63) is 10.6 Å². The summed E-state index contributed by atoms with van der Waals surface area (Å²) in [6.45, 7) is 11.2. The van der Waals surface area contributed by atoms with E-state index in [4.69, 9.17) is 0 Å². The first-order valence-electron chi connectivity index (χ1n) is 10.0. The number of hydrogen-bond donors (Lipinski definition) is 1. The topological polar surface area (TPSA) is 35.9 Å². The molecule has 0 radical (unpaired) electrons. The Balaban J connectivity index is -0.000000294. The van der Waals surface area contributed by atoms with Gasteiger partial charge in [-0.1, -0.05) is 66.2 Å². The average molecular weight is 355 g/mol. The maximum Gasteiger partial charge on any atom is 1.00 e. The molecule has 0 aromatic heterocycles. The number of likely N-dealkylation sites (N-methyl/N-ethyl adjacent to an activating group) is 2. The smallest absolute Gasteiger partial charge is 0.657 e. The number of nitrogens with one attached hydrogen (secondary N) is 1. The largest absolute Gasteiger partial charge is 1.00 e. The van der Waals surface area contributed by atoms with Crippen molar-refractivity contribution >= 4 is 0 Å². The van der Waals surface area contributed by atoms with Crippen molar-refractivity contribution in [1.82, 2.24) is 4.90 Å². The van der Waals surface area contributed by atoms with Gasteiger partial charge in [0.2, 0.25) is 0 Å². The predicted molar refractivity (Wildman–Crippen MR) is 108 cm³/mol. The molecule has 2 fully saturated rings. The van der Waals surface area contributed by atoms with Crippen LogP contribution in [-0.2, 0) is 0 Å². The Morgan fingerprint density at radius 3 is 1.15 bits per heavy atom. The summed E-state index contributed by atoms with van der Waals surface area (Å²) in [6, 6.07) is 2.55. The van der Waals surface area contributed by atoms with Crippen LogP contribution in [-0.4, -0.2) is 70.3 Å². The van der Waals surface area contributed by atoms with Crippen LogP contribution in [0.3, 0.4) is 0 Å². The van der Waals surface area contributed by atoms with Gasteiger partial charge in [0.05, 0.1) is 20.6 Å². The van der Waals surface area contributed by atoms with Crippen LogP contribution in [0.25, 0.3) is 10.6 Å². The molecule has 2 saturated heterocycles. The van der Waals surface area contributed by atoms with Crippen LogP contribution >= 0.6 is 0 Å². The van der Waals surface area contributed by atoms with Gasteiger partial charge in [0, 0.05) is 6.54 Å². The standard InChI is InChI=1S/2C7H14N.C6H16N2.2Li/c2*1-6-4-3-5-7(2)8-6;1-7(2)5-6-8(3)4;;/h2*6-7H,3-5H2,1-2H3;5-6H2,1-4H3;;/q2*-1;;2*+1/p+1/t2*6-,7+;;;. The Bertz CT molecular complexity index is 247. The molecule has 0 aromatic rings. The van der Waals surface area contributed by atoms with Crippen molar-refractivity contribution in [1.29, 1.82) is 0 Å². The summed E-state index contributed by atoms with van der Waals surface area (Å²) in [6.07, 6.45) is 8.00. The molecule has 4 atom stereocenters. The van der Waals surface area contributed by atoms with E-state index in [1.54, 1.807) is 0 Å². The third-order valence-electron chi connectivity index (χ3n) is 4.56. The predicted octanol–water partition coefficient (Wildman–Crippen LogP) is -2.66. The van der Waals surface area contributed by atoms with Gasteiger partial charge in [0.15, 0.2) is 0 Å². The van der Waals surface area contributed by atoms with Gasteiger partial charge in [-0.2, -0.15) is 0 Å². The van der Waals surface area contributed by atoms with Gasteiger partial charge in [0.25, 0.3) is 0 Å². The van der Waals surface area contributed by atoms with Gasteiger partial charge in [-0.15, -0.1) is 24.2 Å². The molecule has 6 heteroatoms. The van der Waals surface area contributed by atoms with Gasteiger partial charge >= 0.3 is 37.7 Å². The zero-order valence-corrected chi connectivity index (χ0v) is 19.8. The van der Waals surface area contributed by atoms with Crippen LogP contribution in [0.5, 0.6) is 0 Å². The van der Waals surface area contributed by atoms with Crippen molar-refractivity contribution in [3.8, 4) is 0 Å². The van der Waals surface area contributed by atoms with Crippen LogP contribution in [0.15, 0.2) is 0 Å². The summed E-state index contributed by atoms with van der Waals surface area (Å²) in [5.74, 6) is 0. The quantitative estimate of drug-likeness (QED) is 0.552. The molecule has 0 aliphatic carbocycles. The minimum atomic E-state index is 0. The van der Waals surface area contributed by atoms with Crippen molar-refractivity contribution in [2.45, 2.75) is 90.4 Å². The molecule has 1 N–H and O–H groups in total. The number of hydrogen-bond acceptors (Lipinski definition) is 1. The van der Waals surface area contributed by atoms with E-state index in [0.717, 1.165) is 0 Å². The average Bonchev–Trinajstić information content (AvgIpc) is 2.46. The summed E-state index contributed by atoms with van der Waals surface area (Å²) in [4.78, 5) is 3.71. The maximum atomic E-state index is 4.48. The molecule has 0 unspecified atom stereocenters. The molecule has 2 aliphatic rings. The van der Waals surface area contributed by atoms with Crippen LogP contribution in [0.1, 0.15) is 66.2 Å². The second kappa shape index (κ2) is 19.4. The molecule has 146 valence electrons. The molecule has 0 aromatic carbocycles. The van der Waals surface area contributed by atoms with E-state index in [-0.39, 0.29) is 37.7 Å².